The van der Waals surface area contributed by atoms with Gasteiger partial charge in [-0.2, -0.15) is 0 Å². The Kier molecular flexibility index (Phi) is 4.75. The van der Waals surface area contributed by atoms with Gasteiger partial charge >= 0.3 is 0 Å². The third-order valence-electron chi connectivity index (χ3n) is 3.53. The van der Waals surface area contributed by atoms with Crippen LogP contribution in [-0.4, -0.2) is 28.8 Å². The van der Waals surface area contributed by atoms with Crippen molar-refractivity contribution in [2.45, 2.75) is 26.3 Å². The molecule has 0 aromatic heterocycles. The summed E-state index contributed by atoms with van der Waals surface area (Å²) >= 11 is 0. The van der Waals surface area contributed by atoms with Gasteiger partial charge in [0.2, 0.25) is 0 Å². The van der Waals surface area contributed by atoms with Crippen LogP contribution >= 0.6 is 0 Å². The van der Waals surface area contributed by atoms with Crippen LogP contribution in [-0.2, 0) is 23.8 Å². The van der Waals surface area contributed by atoms with Crippen molar-refractivity contribution in [3.8, 4) is 0 Å². The zero-order valence-electron chi connectivity index (χ0n) is 10.6. The summed E-state index contributed by atoms with van der Waals surface area (Å²) in [5, 5.41) is 0. The first-order chi connectivity index (χ1) is 8.29. The van der Waals surface area contributed by atoms with Gasteiger partial charge in [-0.1, -0.05) is 31.2 Å². The topological polar surface area (TPSA) is 21.5 Å². The van der Waals surface area contributed by atoms with Gasteiger partial charge in [0, 0.05) is 40.7 Å². The molecular formula is C14H22NOS+. The first-order valence-electron chi connectivity index (χ1n) is 6.55. The summed E-state index contributed by atoms with van der Waals surface area (Å²) in [6.45, 7) is 5.55. The monoisotopic (exact) mass is 252 g/mol. The van der Waals surface area contributed by atoms with E-state index in [-0.39, 0.29) is 0 Å². The summed E-state index contributed by atoms with van der Waals surface area (Å²) < 4.78 is 11.4. The van der Waals surface area contributed by atoms with E-state index in [4.69, 9.17) is 0 Å². The highest BCUT2D eigenvalue weighted by molar-refractivity contribution is 7.84. The lowest BCUT2D eigenvalue weighted by atomic mass is 10.00. The Labute approximate surface area is 106 Å². The molecule has 0 fully saturated rings. The standard InChI is InChI=1S/C14H21NOS/c1-2-17(16)11-5-9-15-10-8-13-6-3-4-7-14(13)12-15/h3-4,6-7H,2,5,8-12H2,1H3/p+1/t17-/m0/s1. The second-order valence-corrected chi connectivity index (χ2v) is 6.60. The Morgan fingerprint density at radius 1 is 1.29 bits per heavy atom. The van der Waals surface area contributed by atoms with Gasteiger partial charge in [-0.3, -0.25) is 4.21 Å². The summed E-state index contributed by atoms with van der Waals surface area (Å²) in [7, 11) is -0.590. The highest BCUT2D eigenvalue weighted by Gasteiger charge is 2.18. The van der Waals surface area contributed by atoms with Crippen LogP contribution in [0.3, 0.4) is 0 Å². The van der Waals surface area contributed by atoms with Crippen LogP contribution in [0.25, 0.3) is 0 Å². The molecule has 2 nitrogen and oxygen atoms in total. The number of fused-ring (bicyclic) bond motifs is 1. The van der Waals surface area contributed by atoms with Crippen LogP contribution in [0.5, 0.6) is 0 Å². The minimum Gasteiger partial charge on any atom is -0.331 e. The Balaban J connectivity index is 1.80. The molecule has 2 atom stereocenters. The summed E-state index contributed by atoms with van der Waals surface area (Å²) in [5.41, 5.74) is 3.03. The fourth-order valence-electron chi connectivity index (χ4n) is 2.48. The maximum atomic E-state index is 11.4. The third-order valence-corrected chi connectivity index (χ3v) is 4.92. The van der Waals surface area contributed by atoms with Crippen LogP contribution in [0.2, 0.25) is 0 Å². The van der Waals surface area contributed by atoms with Crippen LogP contribution in [0, 0.1) is 0 Å². The minimum absolute atomic E-state index is 0.590. The largest absolute Gasteiger partial charge is 0.331 e. The fraction of sp³-hybridized carbons (Fsp3) is 0.571. The molecule has 0 bridgehead atoms. The van der Waals surface area contributed by atoms with Crippen molar-refractivity contribution in [3.63, 3.8) is 0 Å². The van der Waals surface area contributed by atoms with Crippen molar-refractivity contribution in [1.29, 1.82) is 0 Å². The molecule has 0 saturated carbocycles. The first kappa shape index (κ1) is 12.8. The molecule has 0 radical (unpaired) electrons. The van der Waals surface area contributed by atoms with Crippen LogP contribution in [0.1, 0.15) is 24.5 Å². The molecule has 17 heavy (non-hydrogen) atoms. The second-order valence-electron chi connectivity index (χ2n) is 4.73. The zero-order chi connectivity index (χ0) is 12.1. The van der Waals surface area contributed by atoms with Gasteiger partial charge in [-0.25, -0.2) is 0 Å². The molecule has 1 aliphatic rings. The quantitative estimate of drug-likeness (QED) is 0.822. The molecule has 1 aromatic carbocycles. The van der Waals surface area contributed by atoms with Crippen molar-refractivity contribution in [1.82, 2.24) is 0 Å². The molecule has 0 aliphatic carbocycles. The molecule has 1 N–H and O–H groups in total. The Morgan fingerprint density at radius 3 is 2.82 bits per heavy atom. The number of rotatable bonds is 5. The lowest BCUT2D eigenvalue weighted by Crippen LogP contribution is -3.11. The predicted octanol–water partition coefficient (Wildman–Crippen LogP) is 0.786. The van der Waals surface area contributed by atoms with E-state index in [0.29, 0.717) is 0 Å². The molecule has 1 aromatic rings. The zero-order valence-corrected chi connectivity index (χ0v) is 11.4. The van der Waals surface area contributed by atoms with Gasteiger partial charge in [0.05, 0.1) is 13.1 Å². The molecule has 0 amide bonds. The summed E-state index contributed by atoms with van der Waals surface area (Å²) in [5.74, 6) is 1.68. The molecule has 1 heterocycles. The average molecular weight is 252 g/mol. The minimum atomic E-state index is -0.590. The highest BCUT2D eigenvalue weighted by atomic mass is 32.2. The van der Waals surface area contributed by atoms with Crippen molar-refractivity contribution in [2.75, 3.05) is 24.6 Å². The molecule has 94 valence electrons. The van der Waals surface area contributed by atoms with Gasteiger partial charge in [0.25, 0.3) is 0 Å². The third kappa shape index (κ3) is 3.65. The van der Waals surface area contributed by atoms with Gasteiger partial charge in [-0.15, -0.1) is 0 Å². The fourth-order valence-corrected chi connectivity index (χ4v) is 3.24. The number of quaternary nitrogens is 1. The van der Waals surface area contributed by atoms with E-state index in [1.807, 2.05) is 6.92 Å². The lowest BCUT2D eigenvalue weighted by molar-refractivity contribution is -0.915. The summed E-state index contributed by atoms with van der Waals surface area (Å²) in [6.07, 6.45) is 2.29. The molecule has 0 saturated heterocycles. The molecule has 1 aliphatic heterocycles. The van der Waals surface area contributed by atoms with Crippen LogP contribution in [0.4, 0.5) is 0 Å². The van der Waals surface area contributed by atoms with E-state index in [2.05, 4.69) is 24.3 Å². The normalized spacial score (nSPS) is 20.9. The Bertz CT molecular complexity index is 392. The van der Waals surface area contributed by atoms with E-state index in [1.165, 1.54) is 30.6 Å². The van der Waals surface area contributed by atoms with E-state index >= 15 is 0 Å². The Hall–Kier alpha value is -0.670. The first-order valence-corrected chi connectivity index (χ1v) is 8.03. The second kappa shape index (κ2) is 6.31. The number of hydrogen-bond acceptors (Lipinski definition) is 1. The molecule has 1 unspecified atom stereocenters. The van der Waals surface area contributed by atoms with Crippen molar-refractivity contribution < 1.29 is 9.11 Å². The number of nitrogens with one attached hydrogen (secondary N) is 1. The van der Waals surface area contributed by atoms with Crippen LogP contribution in [0.15, 0.2) is 24.3 Å². The van der Waals surface area contributed by atoms with Gasteiger partial charge < -0.3 is 4.90 Å². The number of benzene rings is 1. The van der Waals surface area contributed by atoms with Crippen molar-refractivity contribution in [2.24, 2.45) is 0 Å². The van der Waals surface area contributed by atoms with E-state index in [9.17, 15) is 4.21 Å². The summed E-state index contributed by atoms with van der Waals surface area (Å²) in [6, 6.07) is 8.76. The maximum Gasteiger partial charge on any atom is 0.103 e. The Morgan fingerprint density at radius 2 is 2.06 bits per heavy atom. The van der Waals surface area contributed by atoms with Gasteiger partial charge in [0.15, 0.2) is 0 Å². The average Bonchev–Trinajstić information content (AvgIpc) is 2.38. The predicted molar refractivity (Wildman–Crippen MR) is 72.7 cm³/mol. The number of hydrogen-bond donors (Lipinski definition) is 1. The van der Waals surface area contributed by atoms with Crippen molar-refractivity contribution >= 4 is 10.8 Å². The molecule has 3 heteroatoms. The lowest BCUT2D eigenvalue weighted by Gasteiger charge is -2.25. The van der Waals surface area contributed by atoms with Gasteiger partial charge in [-0.05, 0) is 5.56 Å². The maximum absolute atomic E-state index is 11.4. The van der Waals surface area contributed by atoms with Crippen molar-refractivity contribution in [3.05, 3.63) is 35.4 Å². The van der Waals surface area contributed by atoms with E-state index < -0.39 is 10.8 Å². The molecule has 2 rings (SSSR count). The van der Waals surface area contributed by atoms with Gasteiger partial charge in [0.1, 0.15) is 6.54 Å². The molecule has 0 spiro atoms. The van der Waals surface area contributed by atoms with E-state index in [1.54, 1.807) is 4.90 Å². The molecular weight excluding hydrogens is 230 g/mol. The smallest absolute Gasteiger partial charge is 0.103 e. The van der Waals surface area contributed by atoms with Crippen LogP contribution < -0.4 is 4.90 Å². The SMILES string of the molecule is CC[S@](=O)CCC[NH+]1CCc2ccccc2C1. The van der Waals surface area contributed by atoms with E-state index in [0.717, 1.165) is 24.5 Å². The summed E-state index contributed by atoms with van der Waals surface area (Å²) in [4.78, 5) is 1.65. The highest BCUT2D eigenvalue weighted by Crippen LogP contribution is 2.10.